The molecule has 0 saturated carbocycles. The van der Waals surface area contributed by atoms with Crippen LogP contribution in [0.5, 0.6) is 0 Å². The highest BCUT2D eigenvalue weighted by atomic mass is 31.2. The molecule has 0 spiro atoms. The average Bonchev–Trinajstić information content (AvgIpc) is 3.09. The number of benzene rings is 1. The van der Waals surface area contributed by atoms with Gasteiger partial charge in [0, 0.05) is 25.2 Å². The van der Waals surface area contributed by atoms with Crippen LogP contribution < -0.4 is 21.9 Å². The molecule has 1 saturated heterocycles. The van der Waals surface area contributed by atoms with E-state index < -0.39 is 61.0 Å². The van der Waals surface area contributed by atoms with Gasteiger partial charge in [-0.05, 0) is 12.0 Å². The molecule has 7 N–H and O–H groups in total. The van der Waals surface area contributed by atoms with E-state index in [4.69, 9.17) is 4.74 Å². The first kappa shape index (κ1) is 26.5. The Hall–Kier alpha value is -3.13. The molecule has 1 aromatic heterocycles. The molecule has 0 radical (unpaired) electrons. The van der Waals surface area contributed by atoms with E-state index in [9.17, 15) is 43.7 Å². The second-order valence-electron chi connectivity index (χ2n) is 7.81. The first-order valence-electron chi connectivity index (χ1n) is 10.5. The quantitative estimate of drug-likeness (QED) is 0.145. The van der Waals surface area contributed by atoms with Gasteiger partial charge in [-0.15, -0.1) is 0 Å². The zero-order valence-electron chi connectivity index (χ0n) is 18.2. The molecule has 14 nitrogen and oxygen atoms in total. The van der Waals surface area contributed by atoms with Gasteiger partial charge < -0.3 is 35.4 Å². The topological polar surface area (TPSA) is 220 Å². The minimum atomic E-state index is -4.68. The van der Waals surface area contributed by atoms with Crippen molar-refractivity contribution in [3.05, 3.63) is 69.0 Å². The van der Waals surface area contributed by atoms with Gasteiger partial charge in [-0.3, -0.25) is 28.5 Å². The van der Waals surface area contributed by atoms with E-state index in [1.54, 1.807) is 18.2 Å². The number of nitrogens with one attached hydrogen (secondary N) is 3. The molecule has 5 atom stereocenters. The predicted octanol–water partition coefficient (Wildman–Crippen LogP) is -1.96. The van der Waals surface area contributed by atoms with Gasteiger partial charge in [0.1, 0.15) is 12.2 Å². The Morgan fingerprint density at radius 1 is 1.11 bits per heavy atom. The number of aliphatic hydroxyl groups excluding tert-OH is 2. The normalized spacial score (nSPS) is 23.0. The Morgan fingerprint density at radius 3 is 2.43 bits per heavy atom. The summed E-state index contributed by atoms with van der Waals surface area (Å²) in [6, 6.07) is 8.77. The highest BCUT2D eigenvalue weighted by Crippen LogP contribution is 2.49. The van der Waals surface area contributed by atoms with Gasteiger partial charge in [0.2, 0.25) is 5.91 Å². The molecule has 1 aliphatic rings. The van der Waals surface area contributed by atoms with Gasteiger partial charge >= 0.3 is 13.3 Å². The van der Waals surface area contributed by atoms with Gasteiger partial charge in [0.15, 0.2) is 18.1 Å². The lowest BCUT2D eigenvalue weighted by molar-refractivity contribution is -0.138. The van der Waals surface area contributed by atoms with Crippen LogP contribution in [0.3, 0.4) is 0 Å². The summed E-state index contributed by atoms with van der Waals surface area (Å²) in [7, 11) is -4.68. The van der Waals surface area contributed by atoms with Crippen LogP contribution in [0.4, 0.5) is 0 Å². The number of carbonyl (C=O) groups excluding carboxylic acids is 2. The summed E-state index contributed by atoms with van der Waals surface area (Å²) in [6.07, 6.45) is -5.27. The molecule has 0 unspecified atom stereocenters. The van der Waals surface area contributed by atoms with E-state index >= 15 is 0 Å². The summed E-state index contributed by atoms with van der Waals surface area (Å²) in [6.45, 7) is -0.0515. The van der Waals surface area contributed by atoms with Gasteiger partial charge in [-0.2, -0.15) is 0 Å². The number of carbonyl (C=O) groups is 2. The van der Waals surface area contributed by atoms with Crippen molar-refractivity contribution in [3.8, 4) is 0 Å². The van der Waals surface area contributed by atoms with Crippen LogP contribution in [0.15, 0.2) is 52.2 Å². The van der Waals surface area contributed by atoms with E-state index in [0.717, 1.165) is 16.8 Å². The molecule has 1 aromatic carbocycles. The fraction of sp³-hybridized carbons (Fsp3) is 0.400. The van der Waals surface area contributed by atoms with E-state index in [1.807, 2.05) is 4.98 Å². The summed E-state index contributed by atoms with van der Waals surface area (Å²) in [5.74, 6) is -2.97. The Morgan fingerprint density at radius 2 is 1.80 bits per heavy atom. The molecule has 1 fully saturated rings. The van der Waals surface area contributed by atoms with Gasteiger partial charge in [0.05, 0.1) is 0 Å². The average molecular weight is 512 g/mol. The van der Waals surface area contributed by atoms with Gasteiger partial charge in [-0.1, -0.05) is 30.3 Å². The highest BCUT2D eigenvalue weighted by Gasteiger charge is 2.47. The van der Waals surface area contributed by atoms with E-state index in [2.05, 4.69) is 10.6 Å². The third kappa shape index (κ3) is 6.51. The number of aliphatic hydroxyl groups is 2. The SMILES string of the molecule is O=C(CCCNC(=O)[C@H]1O[C@@H](n2ccc(=O)[nH]c2=O)[C@@H](O)[C@H]1O)N[C@@H](c1ccccc1)P(=O)(O)O. The van der Waals surface area contributed by atoms with Crippen LogP contribution in [0.2, 0.25) is 0 Å². The lowest BCUT2D eigenvalue weighted by Crippen LogP contribution is -2.43. The van der Waals surface area contributed by atoms with Crippen molar-refractivity contribution in [3.63, 3.8) is 0 Å². The number of amides is 2. The first-order valence-corrected chi connectivity index (χ1v) is 12.2. The smallest absolute Gasteiger partial charge is 0.352 e. The van der Waals surface area contributed by atoms with Gasteiger partial charge in [0.25, 0.3) is 11.5 Å². The maximum Gasteiger partial charge on any atom is 0.352 e. The number of nitrogens with zero attached hydrogens (tertiary/aromatic N) is 1. The lowest BCUT2D eigenvalue weighted by atomic mass is 10.1. The zero-order chi connectivity index (χ0) is 25.8. The molecular weight excluding hydrogens is 487 g/mol. The summed E-state index contributed by atoms with van der Waals surface area (Å²) < 4.78 is 17.9. The number of aromatic nitrogens is 2. The molecule has 1 aliphatic heterocycles. The monoisotopic (exact) mass is 512 g/mol. The molecule has 15 heteroatoms. The third-order valence-electron chi connectivity index (χ3n) is 5.25. The number of hydrogen-bond acceptors (Lipinski definition) is 8. The van der Waals surface area contributed by atoms with Crippen LogP contribution in [0, 0.1) is 0 Å². The van der Waals surface area contributed by atoms with Crippen molar-refractivity contribution in [1.29, 1.82) is 0 Å². The van der Waals surface area contributed by atoms with Gasteiger partial charge in [-0.25, -0.2) is 4.79 Å². The van der Waals surface area contributed by atoms with Crippen molar-refractivity contribution in [2.75, 3.05) is 6.54 Å². The van der Waals surface area contributed by atoms with Crippen molar-refractivity contribution in [2.45, 2.75) is 43.2 Å². The molecule has 2 aromatic rings. The fourth-order valence-corrected chi connectivity index (χ4v) is 4.39. The fourth-order valence-electron chi connectivity index (χ4n) is 3.52. The van der Waals surface area contributed by atoms with Crippen LogP contribution >= 0.6 is 7.60 Å². The van der Waals surface area contributed by atoms with Crippen LogP contribution in [0.25, 0.3) is 0 Å². The second kappa shape index (κ2) is 11.1. The van der Waals surface area contributed by atoms with Crippen molar-refractivity contribution in [2.24, 2.45) is 0 Å². The third-order valence-corrected chi connectivity index (χ3v) is 6.35. The number of H-pyrrole nitrogens is 1. The molecule has 0 aliphatic carbocycles. The Balaban J connectivity index is 1.51. The molecule has 0 bridgehead atoms. The molecule has 35 heavy (non-hydrogen) atoms. The minimum absolute atomic E-state index is 0.0515. The second-order valence-corrected chi connectivity index (χ2v) is 9.50. The Kier molecular flexibility index (Phi) is 8.38. The van der Waals surface area contributed by atoms with Crippen molar-refractivity contribution >= 4 is 19.4 Å². The van der Waals surface area contributed by atoms with Crippen LogP contribution in [-0.2, 0) is 18.9 Å². The Bertz CT molecular complexity index is 1210. The molecule has 3 rings (SSSR count). The maximum atomic E-state index is 12.4. The summed E-state index contributed by atoms with van der Waals surface area (Å²) in [5, 5.41) is 25.1. The molecule has 190 valence electrons. The lowest BCUT2D eigenvalue weighted by Gasteiger charge is -2.20. The maximum absolute atomic E-state index is 12.4. The van der Waals surface area contributed by atoms with Crippen molar-refractivity contribution < 1.29 is 38.9 Å². The predicted molar refractivity (Wildman–Crippen MR) is 119 cm³/mol. The van der Waals surface area contributed by atoms with E-state index in [-0.39, 0.29) is 24.9 Å². The standard InChI is InChI=1S/C20H25N4O10P/c25-12(22-18(35(31,32)33)11-5-2-1-3-6-11)7-4-9-21-17(29)16-14(27)15(28)19(34-16)24-10-8-13(26)23-20(24)30/h1-3,5-6,8,10,14-16,18-19,27-28H,4,7,9H2,(H,21,29)(H,22,25)(H,23,26,30)(H2,31,32,33)/t14-,15+,16+,18-,19-/m1/s1. The van der Waals surface area contributed by atoms with E-state index in [0.29, 0.717) is 0 Å². The summed E-state index contributed by atoms with van der Waals surface area (Å²) in [4.78, 5) is 68.8. The summed E-state index contributed by atoms with van der Waals surface area (Å²) in [5.41, 5.74) is -1.33. The zero-order valence-corrected chi connectivity index (χ0v) is 19.1. The number of hydrogen-bond donors (Lipinski definition) is 7. The molecular formula is C20H25N4O10P. The number of ether oxygens (including phenoxy) is 1. The minimum Gasteiger partial charge on any atom is -0.387 e. The van der Waals surface area contributed by atoms with Crippen LogP contribution in [0.1, 0.15) is 30.4 Å². The first-order chi connectivity index (χ1) is 16.5. The highest BCUT2D eigenvalue weighted by molar-refractivity contribution is 7.52. The molecule has 2 heterocycles. The summed E-state index contributed by atoms with van der Waals surface area (Å²) >= 11 is 0. The van der Waals surface area contributed by atoms with Crippen molar-refractivity contribution in [1.82, 2.24) is 20.2 Å². The Labute approximate surface area is 197 Å². The largest absolute Gasteiger partial charge is 0.387 e. The van der Waals surface area contributed by atoms with Crippen LogP contribution in [-0.4, -0.2) is 66.2 Å². The molecule has 2 amide bonds. The number of aromatic amines is 1. The van der Waals surface area contributed by atoms with E-state index in [1.165, 1.54) is 12.1 Å². The number of rotatable bonds is 9.